The summed E-state index contributed by atoms with van der Waals surface area (Å²) < 4.78 is 5.50. The molecule has 7 heteroatoms. The van der Waals surface area contributed by atoms with Gasteiger partial charge in [-0.15, -0.1) is 10.2 Å². The summed E-state index contributed by atoms with van der Waals surface area (Å²) >= 11 is 1.31. The Bertz CT molecular complexity index is 393. The summed E-state index contributed by atoms with van der Waals surface area (Å²) in [5.74, 6) is 0. The fourth-order valence-electron chi connectivity index (χ4n) is 1.24. The molecule has 14 heavy (non-hydrogen) atoms. The largest absolute Gasteiger partial charge is 0.318 e. The van der Waals surface area contributed by atoms with E-state index in [4.69, 9.17) is 5.73 Å². The Hall–Kier alpha value is -1.34. The predicted molar refractivity (Wildman–Crippen MR) is 51.7 cm³/mol. The van der Waals surface area contributed by atoms with E-state index in [9.17, 15) is 0 Å². The Morgan fingerprint density at radius 2 is 2.36 bits per heavy atom. The minimum atomic E-state index is -0.241. The molecule has 2 rings (SSSR count). The summed E-state index contributed by atoms with van der Waals surface area (Å²) in [4.78, 5) is 0.954. The van der Waals surface area contributed by atoms with Crippen molar-refractivity contribution in [2.24, 2.45) is 12.8 Å². The fourth-order valence-corrected chi connectivity index (χ4v) is 1.89. The van der Waals surface area contributed by atoms with Crippen LogP contribution in [0.3, 0.4) is 0 Å². The minimum Gasteiger partial charge on any atom is -0.318 e. The van der Waals surface area contributed by atoms with E-state index in [0.29, 0.717) is 0 Å². The topological polar surface area (TPSA) is 82.5 Å². The third kappa shape index (κ3) is 1.40. The maximum absolute atomic E-state index is 6.04. The molecule has 0 fully saturated rings. The van der Waals surface area contributed by atoms with Crippen LogP contribution in [0.2, 0.25) is 0 Å². The van der Waals surface area contributed by atoms with Crippen LogP contribution in [0.4, 0.5) is 0 Å². The van der Waals surface area contributed by atoms with E-state index in [1.807, 2.05) is 14.0 Å². The molecule has 2 aromatic heterocycles. The van der Waals surface area contributed by atoms with Crippen LogP contribution in [-0.2, 0) is 7.05 Å². The van der Waals surface area contributed by atoms with Crippen molar-refractivity contribution >= 4 is 11.5 Å². The van der Waals surface area contributed by atoms with Crippen molar-refractivity contribution in [2.45, 2.75) is 13.0 Å². The Labute approximate surface area is 84.9 Å². The molecule has 74 valence electrons. The molecule has 0 bridgehead atoms. The molecule has 1 unspecified atom stereocenters. The maximum atomic E-state index is 6.04. The monoisotopic (exact) mass is 210 g/mol. The van der Waals surface area contributed by atoms with Gasteiger partial charge in [0.1, 0.15) is 0 Å². The quantitative estimate of drug-likeness (QED) is 0.755. The lowest BCUT2D eigenvalue weighted by molar-refractivity contribution is 0.653. The molecular formula is C7H10N6S. The Balaban J connectivity index is 2.38. The molecule has 0 aliphatic heterocycles. The Morgan fingerprint density at radius 1 is 1.57 bits per heavy atom. The molecule has 0 amide bonds. The lowest BCUT2D eigenvalue weighted by Gasteiger charge is -2.08. The van der Waals surface area contributed by atoms with Crippen LogP contribution >= 0.6 is 11.5 Å². The average Bonchev–Trinajstić information content (AvgIpc) is 2.73. The van der Waals surface area contributed by atoms with Gasteiger partial charge in [0.25, 0.3) is 0 Å². The van der Waals surface area contributed by atoms with E-state index in [-0.39, 0.29) is 6.04 Å². The zero-order chi connectivity index (χ0) is 10.1. The van der Waals surface area contributed by atoms with Crippen molar-refractivity contribution in [2.75, 3.05) is 0 Å². The van der Waals surface area contributed by atoms with Crippen molar-refractivity contribution in [3.8, 4) is 0 Å². The van der Waals surface area contributed by atoms with Gasteiger partial charge in [0, 0.05) is 7.05 Å². The van der Waals surface area contributed by atoms with Crippen molar-refractivity contribution in [3.05, 3.63) is 22.5 Å². The first-order chi connectivity index (χ1) is 6.70. The molecule has 0 radical (unpaired) electrons. The third-order valence-corrected chi connectivity index (χ3v) is 2.95. The number of aryl methyl sites for hydroxylation is 2. The van der Waals surface area contributed by atoms with Gasteiger partial charge in [-0.1, -0.05) is 9.70 Å². The highest BCUT2D eigenvalue weighted by atomic mass is 32.1. The first-order valence-electron chi connectivity index (χ1n) is 4.09. The molecule has 6 nitrogen and oxygen atoms in total. The van der Waals surface area contributed by atoms with Crippen molar-refractivity contribution < 1.29 is 0 Å². The smallest absolute Gasteiger partial charge is 0.0868 e. The third-order valence-electron chi connectivity index (χ3n) is 2.04. The zero-order valence-electron chi connectivity index (χ0n) is 7.88. The Morgan fingerprint density at radius 3 is 2.86 bits per heavy atom. The molecule has 2 heterocycles. The average molecular weight is 210 g/mol. The molecule has 0 aromatic carbocycles. The first kappa shape index (κ1) is 9.22. The van der Waals surface area contributed by atoms with E-state index < -0.39 is 0 Å². The zero-order valence-corrected chi connectivity index (χ0v) is 8.69. The van der Waals surface area contributed by atoms with Crippen LogP contribution in [0, 0.1) is 6.92 Å². The number of rotatable bonds is 2. The molecule has 0 saturated heterocycles. The molecule has 2 N–H and O–H groups in total. The summed E-state index contributed by atoms with van der Waals surface area (Å²) in [6.07, 6.45) is 1.66. The van der Waals surface area contributed by atoms with E-state index in [0.717, 1.165) is 16.3 Å². The predicted octanol–water partition coefficient (Wildman–Crippen LogP) is 0.0231. The highest BCUT2D eigenvalue weighted by Crippen LogP contribution is 2.22. The molecule has 2 aromatic rings. The SMILES string of the molecule is Cc1nnsc1C(N)c1cnnn1C. The lowest BCUT2D eigenvalue weighted by Crippen LogP contribution is -2.15. The van der Waals surface area contributed by atoms with Crippen molar-refractivity contribution in [1.82, 2.24) is 24.6 Å². The number of aromatic nitrogens is 5. The molecule has 0 aliphatic carbocycles. The second kappa shape index (κ2) is 3.43. The highest BCUT2D eigenvalue weighted by Gasteiger charge is 2.18. The number of nitrogens with two attached hydrogens (primary N) is 1. The first-order valence-corrected chi connectivity index (χ1v) is 4.86. The van der Waals surface area contributed by atoms with Gasteiger partial charge < -0.3 is 5.73 Å². The van der Waals surface area contributed by atoms with Gasteiger partial charge in [0.05, 0.1) is 28.5 Å². The Kier molecular flexibility index (Phi) is 2.26. The molecular weight excluding hydrogens is 200 g/mol. The highest BCUT2D eigenvalue weighted by molar-refractivity contribution is 7.05. The van der Waals surface area contributed by atoms with Crippen LogP contribution in [0.15, 0.2) is 6.20 Å². The van der Waals surface area contributed by atoms with Gasteiger partial charge in [-0.05, 0) is 18.5 Å². The van der Waals surface area contributed by atoms with E-state index >= 15 is 0 Å². The second-order valence-electron chi connectivity index (χ2n) is 2.98. The molecule has 0 spiro atoms. The van der Waals surface area contributed by atoms with Crippen LogP contribution in [0.5, 0.6) is 0 Å². The van der Waals surface area contributed by atoms with Gasteiger partial charge in [0.15, 0.2) is 0 Å². The molecule has 1 atom stereocenters. The summed E-state index contributed by atoms with van der Waals surface area (Å²) in [6.45, 7) is 1.89. The van der Waals surface area contributed by atoms with Gasteiger partial charge in [-0.2, -0.15) is 0 Å². The van der Waals surface area contributed by atoms with Gasteiger partial charge >= 0.3 is 0 Å². The molecule has 0 saturated carbocycles. The summed E-state index contributed by atoms with van der Waals surface area (Å²) in [6, 6.07) is -0.241. The van der Waals surface area contributed by atoms with E-state index in [1.54, 1.807) is 10.9 Å². The second-order valence-corrected chi connectivity index (χ2v) is 3.77. The lowest BCUT2D eigenvalue weighted by atomic mass is 10.2. The van der Waals surface area contributed by atoms with Crippen molar-refractivity contribution in [3.63, 3.8) is 0 Å². The minimum absolute atomic E-state index is 0.241. The van der Waals surface area contributed by atoms with Crippen LogP contribution < -0.4 is 5.73 Å². The normalized spacial score (nSPS) is 13.1. The standard InChI is InChI=1S/C7H10N6S/c1-4-7(14-12-10-4)6(8)5-3-9-11-13(5)2/h3,6H,8H2,1-2H3. The number of hydrogen-bond acceptors (Lipinski definition) is 6. The van der Waals surface area contributed by atoms with Gasteiger partial charge in [-0.25, -0.2) is 0 Å². The van der Waals surface area contributed by atoms with Crippen LogP contribution in [0.25, 0.3) is 0 Å². The fraction of sp³-hybridized carbons (Fsp3) is 0.429. The number of hydrogen-bond donors (Lipinski definition) is 1. The van der Waals surface area contributed by atoms with Crippen LogP contribution in [-0.4, -0.2) is 24.6 Å². The van der Waals surface area contributed by atoms with Crippen molar-refractivity contribution in [1.29, 1.82) is 0 Å². The van der Waals surface area contributed by atoms with Gasteiger partial charge in [-0.3, -0.25) is 4.68 Å². The van der Waals surface area contributed by atoms with E-state index in [2.05, 4.69) is 19.9 Å². The van der Waals surface area contributed by atoms with E-state index in [1.165, 1.54) is 11.5 Å². The number of nitrogens with zero attached hydrogens (tertiary/aromatic N) is 5. The summed E-state index contributed by atoms with van der Waals surface area (Å²) in [7, 11) is 1.81. The molecule has 0 aliphatic rings. The maximum Gasteiger partial charge on any atom is 0.0868 e. The van der Waals surface area contributed by atoms with Gasteiger partial charge in [0.2, 0.25) is 0 Å². The summed E-state index contributed by atoms with van der Waals surface area (Å²) in [5, 5.41) is 11.5. The summed E-state index contributed by atoms with van der Waals surface area (Å²) in [5.41, 5.74) is 7.76. The van der Waals surface area contributed by atoms with Crippen LogP contribution in [0.1, 0.15) is 22.3 Å².